The van der Waals surface area contributed by atoms with Crippen molar-refractivity contribution in [2.24, 2.45) is 0 Å². The molecular weight excluding hydrogens is 601 g/mol. The zero-order chi connectivity index (χ0) is 32.8. The summed E-state index contributed by atoms with van der Waals surface area (Å²) in [4.78, 5) is 41.3. The Labute approximate surface area is 256 Å². The van der Waals surface area contributed by atoms with E-state index in [4.69, 9.17) is 4.74 Å². The number of alkyl halides is 3. The van der Waals surface area contributed by atoms with Crippen LogP contribution in [0.15, 0.2) is 35.5 Å². The lowest BCUT2D eigenvalue weighted by atomic mass is 10.0. The highest BCUT2D eigenvalue weighted by atomic mass is 19.4. The molecule has 1 amide bonds. The van der Waals surface area contributed by atoms with Crippen molar-refractivity contribution in [3.05, 3.63) is 63.8 Å². The van der Waals surface area contributed by atoms with Crippen molar-refractivity contribution in [2.75, 3.05) is 48.3 Å². The maximum Gasteiger partial charge on any atom is 0.417 e. The van der Waals surface area contributed by atoms with Gasteiger partial charge in [0, 0.05) is 74.5 Å². The first-order valence-electron chi connectivity index (χ1n) is 14.5. The Bertz CT molecular complexity index is 1610. The highest BCUT2D eigenvalue weighted by molar-refractivity contribution is 6.07. The molecule has 2 aromatic heterocycles. The van der Waals surface area contributed by atoms with E-state index in [1.165, 1.54) is 12.4 Å². The lowest BCUT2D eigenvalue weighted by molar-refractivity contribution is -0.138. The molecule has 0 radical (unpaired) electrons. The maximum absolute atomic E-state index is 16.5. The summed E-state index contributed by atoms with van der Waals surface area (Å²) in [6.45, 7) is 9.34. The van der Waals surface area contributed by atoms with Crippen LogP contribution in [0.1, 0.15) is 43.6 Å². The summed E-state index contributed by atoms with van der Waals surface area (Å²) in [5, 5.41) is 2.25. The molecule has 4 heterocycles. The van der Waals surface area contributed by atoms with E-state index in [1.54, 1.807) is 4.90 Å². The molecule has 0 bridgehead atoms. The van der Waals surface area contributed by atoms with Gasteiger partial charge >= 0.3 is 6.18 Å². The van der Waals surface area contributed by atoms with E-state index in [0.29, 0.717) is 38.3 Å². The smallest absolute Gasteiger partial charge is 0.372 e. The molecular formula is C30H34F5N7O3. The standard InChI is InChI=1S/C30H34F5N7O3/c1-15-11-41(12-16(2)40(15)5)23-7-22(31)25(19-8-37-29(38-9-19)42-13-17(3)45-18(4)14-42)26(32)27(23)39-28(44)20-10-36-24(43)6-21(20)30(33,34)35/h6-10,15-18H,11-14H2,1-5H3,(H,36,43)(H,39,44)/t15-,16+,17-,18-/m1/s1. The molecule has 15 heteroatoms. The number of nitrogens with one attached hydrogen (secondary N) is 2. The predicted octanol–water partition coefficient (Wildman–Crippen LogP) is 4.52. The number of piperazine rings is 1. The van der Waals surface area contributed by atoms with Gasteiger partial charge in [0.25, 0.3) is 5.91 Å². The number of H-pyrrole nitrogens is 1. The molecule has 5 rings (SSSR count). The molecule has 0 spiro atoms. The number of hydrogen-bond donors (Lipinski definition) is 2. The third kappa shape index (κ3) is 6.64. The van der Waals surface area contributed by atoms with Gasteiger partial charge in [0.15, 0.2) is 5.82 Å². The van der Waals surface area contributed by atoms with Crippen molar-refractivity contribution in [1.82, 2.24) is 19.9 Å². The van der Waals surface area contributed by atoms with Crippen LogP contribution < -0.4 is 20.7 Å². The Hall–Kier alpha value is -4.11. The van der Waals surface area contributed by atoms with Gasteiger partial charge in [-0.1, -0.05) is 0 Å². The Morgan fingerprint density at radius 2 is 1.58 bits per heavy atom. The van der Waals surface area contributed by atoms with E-state index in [-0.39, 0.29) is 41.6 Å². The molecule has 242 valence electrons. The van der Waals surface area contributed by atoms with E-state index in [9.17, 15) is 22.8 Å². The highest BCUT2D eigenvalue weighted by Gasteiger charge is 2.37. The van der Waals surface area contributed by atoms with Gasteiger partial charge in [0.1, 0.15) is 11.5 Å². The number of rotatable bonds is 5. The van der Waals surface area contributed by atoms with Gasteiger partial charge in [0.05, 0.1) is 34.6 Å². The van der Waals surface area contributed by atoms with Crippen LogP contribution in [0, 0.1) is 11.6 Å². The largest absolute Gasteiger partial charge is 0.417 e. The topological polar surface area (TPSA) is 107 Å². The fourth-order valence-corrected chi connectivity index (χ4v) is 5.87. The summed E-state index contributed by atoms with van der Waals surface area (Å²) in [6, 6.07) is 1.20. The fraction of sp³-hybridized carbons (Fsp3) is 0.467. The second kappa shape index (κ2) is 12.4. The number of nitrogens with zero attached hydrogens (tertiary/aromatic N) is 5. The van der Waals surface area contributed by atoms with Crippen LogP contribution in [-0.2, 0) is 10.9 Å². The second-order valence-electron chi connectivity index (χ2n) is 11.7. The molecule has 2 fully saturated rings. The number of carbonyl (C=O) groups is 1. The van der Waals surface area contributed by atoms with Crippen LogP contribution in [0.3, 0.4) is 0 Å². The van der Waals surface area contributed by atoms with Crippen molar-refractivity contribution in [1.29, 1.82) is 0 Å². The van der Waals surface area contributed by atoms with Gasteiger partial charge < -0.3 is 24.8 Å². The third-order valence-electron chi connectivity index (χ3n) is 8.24. The number of halogens is 5. The van der Waals surface area contributed by atoms with E-state index in [2.05, 4.69) is 25.2 Å². The number of ether oxygens (including phenoxy) is 1. The molecule has 10 nitrogen and oxygen atoms in total. The molecule has 0 saturated carbocycles. The van der Waals surface area contributed by atoms with Crippen LogP contribution in [0.4, 0.5) is 39.3 Å². The average molecular weight is 636 g/mol. The Morgan fingerprint density at radius 3 is 2.16 bits per heavy atom. The number of anilines is 3. The van der Waals surface area contributed by atoms with Crippen LogP contribution in [0.2, 0.25) is 0 Å². The monoisotopic (exact) mass is 635 g/mol. The first-order chi connectivity index (χ1) is 21.1. The lowest BCUT2D eigenvalue weighted by Crippen LogP contribution is -2.55. The maximum atomic E-state index is 16.5. The summed E-state index contributed by atoms with van der Waals surface area (Å²) < 4.78 is 79.3. The molecule has 2 N–H and O–H groups in total. The Kier molecular flexibility index (Phi) is 8.86. The van der Waals surface area contributed by atoms with Gasteiger partial charge in [-0.15, -0.1) is 0 Å². The van der Waals surface area contributed by atoms with Crippen LogP contribution >= 0.6 is 0 Å². The molecule has 45 heavy (non-hydrogen) atoms. The summed E-state index contributed by atoms with van der Waals surface area (Å²) in [7, 11) is 1.91. The molecule has 0 unspecified atom stereocenters. The number of benzene rings is 1. The molecule has 2 aliphatic rings. The van der Waals surface area contributed by atoms with Crippen LogP contribution in [0.25, 0.3) is 11.1 Å². The summed E-state index contributed by atoms with van der Waals surface area (Å²) >= 11 is 0. The number of aromatic amines is 1. The van der Waals surface area contributed by atoms with E-state index in [1.807, 2.05) is 39.6 Å². The van der Waals surface area contributed by atoms with Gasteiger partial charge in [0.2, 0.25) is 11.5 Å². The minimum absolute atomic E-state index is 0.0368. The van der Waals surface area contributed by atoms with Crippen LogP contribution in [-0.4, -0.2) is 83.3 Å². The zero-order valence-electron chi connectivity index (χ0n) is 25.4. The molecule has 0 aliphatic carbocycles. The fourth-order valence-electron chi connectivity index (χ4n) is 5.87. The van der Waals surface area contributed by atoms with E-state index >= 15 is 8.78 Å². The van der Waals surface area contributed by atoms with Crippen molar-refractivity contribution in [3.8, 4) is 11.1 Å². The van der Waals surface area contributed by atoms with Crippen molar-refractivity contribution >= 4 is 23.2 Å². The molecule has 1 aromatic carbocycles. The summed E-state index contributed by atoms with van der Waals surface area (Å²) in [5.41, 5.74) is -4.65. The first-order valence-corrected chi connectivity index (χ1v) is 14.5. The zero-order valence-corrected chi connectivity index (χ0v) is 25.4. The molecule has 4 atom stereocenters. The quantitative estimate of drug-likeness (QED) is 0.395. The number of hydrogen-bond acceptors (Lipinski definition) is 8. The number of amides is 1. The van der Waals surface area contributed by atoms with Gasteiger partial charge in [-0.25, -0.2) is 18.7 Å². The summed E-state index contributed by atoms with van der Waals surface area (Å²) in [6.07, 6.45) is -2.08. The third-order valence-corrected chi connectivity index (χ3v) is 8.24. The minimum atomic E-state index is -5.05. The Morgan fingerprint density at radius 1 is 0.978 bits per heavy atom. The minimum Gasteiger partial charge on any atom is -0.372 e. The molecule has 2 saturated heterocycles. The van der Waals surface area contributed by atoms with Crippen LogP contribution in [0.5, 0.6) is 0 Å². The predicted molar refractivity (Wildman–Crippen MR) is 159 cm³/mol. The van der Waals surface area contributed by atoms with Crippen molar-refractivity contribution in [2.45, 2.75) is 58.2 Å². The number of carbonyl (C=O) groups excluding carboxylic acids is 1. The molecule has 2 aliphatic heterocycles. The van der Waals surface area contributed by atoms with Gasteiger partial charge in [-0.3, -0.25) is 14.5 Å². The highest BCUT2D eigenvalue weighted by Crippen LogP contribution is 2.40. The van der Waals surface area contributed by atoms with Crippen molar-refractivity contribution < 1.29 is 31.5 Å². The SMILES string of the molecule is C[C@@H]1CN(c2ncc(-c3c(F)cc(N4C[C@@H](C)N(C)[C@@H](C)C4)c(NC(=O)c4c[nH]c(=O)cc4C(F)(F)F)c3F)cn2)C[C@@H](C)O1. The number of likely N-dealkylation sites (N-methyl/N-ethyl adjacent to an activating group) is 1. The molecule has 3 aromatic rings. The average Bonchev–Trinajstić information content (AvgIpc) is 2.96. The second-order valence-corrected chi connectivity index (χ2v) is 11.7. The van der Waals surface area contributed by atoms with Gasteiger partial charge in [-0.2, -0.15) is 13.2 Å². The van der Waals surface area contributed by atoms with E-state index in [0.717, 1.165) is 6.07 Å². The lowest BCUT2D eigenvalue weighted by Gasteiger charge is -2.44. The summed E-state index contributed by atoms with van der Waals surface area (Å²) in [5.74, 6) is -3.18. The number of aromatic nitrogens is 3. The number of pyridine rings is 1. The Balaban J connectivity index is 1.58. The van der Waals surface area contributed by atoms with Gasteiger partial charge in [-0.05, 0) is 34.7 Å². The normalized spacial score (nSPS) is 22.9. The van der Waals surface area contributed by atoms with Crippen molar-refractivity contribution in [3.63, 3.8) is 0 Å². The number of morpholine rings is 1. The van der Waals surface area contributed by atoms with E-state index < -0.39 is 51.7 Å². The first kappa shape index (κ1) is 32.3.